The van der Waals surface area contributed by atoms with E-state index in [0.29, 0.717) is 17.7 Å². The molecule has 0 spiro atoms. The van der Waals surface area contributed by atoms with Crippen LogP contribution in [0.2, 0.25) is 0 Å². The van der Waals surface area contributed by atoms with Gasteiger partial charge in [0.05, 0.1) is 18.4 Å². The van der Waals surface area contributed by atoms with E-state index >= 15 is 0 Å². The minimum atomic E-state index is -4.54. The topological polar surface area (TPSA) is 72.5 Å². The molecule has 1 N–H and O–H groups in total. The van der Waals surface area contributed by atoms with Crippen LogP contribution in [0.3, 0.4) is 0 Å². The molecule has 0 saturated heterocycles. The largest absolute Gasteiger partial charge is 0.465 e. The highest BCUT2D eigenvalue weighted by Crippen LogP contribution is 2.25. The summed E-state index contributed by atoms with van der Waals surface area (Å²) in [6, 6.07) is 5.17. The maximum atomic E-state index is 13.7. The van der Waals surface area contributed by atoms with E-state index in [9.17, 15) is 26.4 Å². The number of sulfonamides is 1. The van der Waals surface area contributed by atoms with Crippen molar-refractivity contribution in [1.29, 1.82) is 0 Å². The molecule has 5 nitrogen and oxygen atoms in total. The van der Waals surface area contributed by atoms with Crippen molar-refractivity contribution in [2.75, 3.05) is 11.8 Å². The third-order valence-electron chi connectivity index (χ3n) is 3.19. The molecule has 9 heteroatoms. The van der Waals surface area contributed by atoms with Crippen LogP contribution in [-0.4, -0.2) is 21.5 Å². The fraction of sp³-hybridized carbons (Fsp3) is 0.133. The van der Waals surface area contributed by atoms with Gasteiger partial charge in [-0.3, -0.25) is 4.72 Å². The average Bonchev–Trinajstić information content (AvgIpc) is 2.53. The predicted octanol–water partition coefficient (Wildman–Crippen LogP) is 3.00. The standard InChI is InChI=1S/C15H12F3NO4S/c1-8-3-4-9(15(20)23-2)7-11(8)19-24(21,22)12-6-5-10(16)13(17)14(12)18/h3-7,19H,1-2H3. The predicted molar refractivity (Wildman–Crippen MR) is 79.6 cm³/mol. The van der Waals surface area contributed by atoms with E-state index in [1.165, 1.54) is 18.2 Å². The minimum absolute atomic E-state index is 0.0259. The lowest BCUT2D eigenvalue weighted by Gasteiger charge is -2.12. The molecule has 0 heterocycles. The molecule has 0 amide bonds. The number of anilines is 1. The van der Waals surface area contributed by atoms with Gasteiger partial charge in [-0.15, -0.1) is 0 Å². The number of ether oxygens (including phenoxy) is 1. The molecular weight excluding hydrogens is 347 g/mol. The first kappa shape index (κ1) is 17.8. The lowest BCUT2D eigenvalue weighted by molar-refractivity contribution is 0.0600. The molecule has 2 rings (SSSR count). The fourth-order valence-corrected chi connectivity index (χ4v) is 3.08. The fourth-order valence-electron chi connectivity index (χ4n) is 1.89. The van der Waals surface area contributed by atoms with Gasteiger partial charge >= 0.3 is 5.97 Å². The number of esters is 1. The summed E-state index contributed by atoms with van der Waals surface area (Å²) >= 11 is 0. The number of benzene rings is 2. The number of carbonyl (C=O) groups is 1. The summed E-state index contributed by atoms with van der Waals surface area (Å²) in [5.41, 5.74) is 0.461. The van der Waals surface area contributed by atoms with Gasteiger partial charge in [-0.2, -0.15) is 0 Å². The highest BCUT2D eigenvalue weighted by atomic mass is 32.2. The molecular formula is C15H12F3NO4S. The SMILES string of the molecule is COC(=O)c1ccc(C)c(NS(=O)(=O)c2ccc(F)c(F)c2F)c1. The molecule has 128 valence electrons. The maximum absolute atomic E-state index is 13.7. The van der Waals surface area contributed by atoms with Gasteiger partial charge in [0, 0.05) is 0 Å². The normalized spacial score (nSPS) is 11.2. The molecule has 0 radical (unpaired) electrons. The number of rotatable bonds is 4. The van der Waals surface area contributed by atoms with Gasteiger partial charge in [0.25, 0.3) is 10.0 Å². The van der Waals surface area contributed by atoms with Gasteiger partial charge in [-0.25, -0.2) is 26.4 Å². The maximum Gasteiger partial charge on any atom is 0.337 e. The zero-order valence-electron chi connectivity index (χ0n) is 12.6. The van der Waals surface area contributed by atoms with E-state index in [-0.39, 0.29) is 11.3 Å². The van der Waals surface area contributed by atoms with Crippen molar-refractivity contribution in [3.8, 4) is 0 Å². The number of carbonyl (C=O) groups excluding carboxylic acids is 1. The van der Waals surface area contributed by atoms with Crippen LogP contribution in [0.4, 0.5) is 18.9 Å². The van der Waals surface area contributed by atoms with Gasteiger partial charge in [-0.1, -0.05) is 6.07 Å². The van der Waals surface area contributed by atoms with Gasteiger partial charge in [0.2, 0.25) is 0 Å². The number of hydrogen-bond donors (Lipinski definition) is 1. The van der Waals surface area contributed by atoms with E-state index in [1.54, 1.807) is 6.92 Å². The highest BCUT2D eigenvalue weighted by Gasteiger charge is 2.25. The third kappa shape index (κ3) is 3.35. The Hall–Kier alpha value is -2.55. The lowest BCUT2D eigenvalue weighted by Crippen LogP contribution is -2.17. The van der Waals surface area contributed by atoms with Gasteiger partial charge in [-0.05, 0) is 36.8 Å². The Balaban J connectivity index is 2.47. The molecule has 2 aromatic rings. The van der Waals surface area contributed by atoms with Crippen LogP contribution in [0, 0.1) is 24.4 Å². The summed E-state index contributed by atoms with van der Waals surface area (Å²) in [4.78, 5) is 10.4. The molecule has 0 aliphatic rings. The molecule has 0 fully saturated rings. The Kier molecular flexibility index (Phi) is 4.83. The van der Waals surface area contributed by atoms with Crippen molar-refractivity contribution in [2.45, 2.75) is 11.8 Å². The molecule has 0 unspecified atom stereocenters. The second kappa shape index (κ2) is 6.52. The number of hydrogen-bond acceptors (Lipinski definition) is 4. The van der Waals surface area contributed by atoms with Crippen molar-refractivity contribution < 1.29 is 31.1 Å². The van der Waals surface area contributed by atoms with Crippen LogP contribution in [0.1, 0.15) is 15.9 Å². The number of methoxy groups -OCH3 is 1. The zero-order valence-corrected chi connectivity index (χ0v) is 13.4. The summed E-state index contributed by atoms with van der Waals surface area (Å²) in [5, 5.41) is 0. The van der Waals surface area contributed by atoms with E-state index in [2.05, 4.69) is 4.74 Å². The van der Waals surface area contributed by atoms with E-state index in [0.717, 1.165) is 7.11 Å². The molecule has 0 aliphatic heterocycles. The summed E-state index contributed by atoms with van der Waals surface area (Å²) in [7, 11) is -3.38. The van der Waals surface area contributed by atoms with Crippen molar-refractivity contribution in [3.63, 3.8) is 0 Å². The Morgan fingerprint density at radius 2 is 1.75 bits per heavy atom. The van der Waals surface area contributed by atoms with E-state index in [1.807, 2.05) is 4.72 Å². The second-order valence-corrected chi connectivity index (χ2v) is 6.45. The molecule has 0 aliphatic carbocycles. The Bertz CT molecular complexity index is 913. The third-order valence-corrected chi connectivity index (χ3v) is 4.58. The second-order valence-electron chi connectivity index (χ2n) is 4.80. The number of halogens is 3. The lowest BCUT2D eigenvalue weighted by atomic mass is 10.1. The summed E-state index contributed by atoms with van der Waals surface area (Å²) < 4.78 is 70.9. The van der Waals surface area contributed by atoms with Crippen LogP contribution in [-0.2, 0) is 14.8 Å². The molecule has 0 saturated carbocycles. The van der Waals surface area contributed by atoms with E-state index in [4.69, 9.17) is 0 Å². The van der Waals surface area contributed by atoms with Crippen molar-refractivity contribution in [1.82, 2.24) is 0 Å². The van der Waals surface area contributed by atoms with Gasteiger partial charge in [0.15, 0.2) is 17.5 Å². The molecule has 0 bridgehead atoms. The van der Waals surface area contributed by atoms with E-state index < -0.39 is 38.3 Å². The molecule has 24 heavy (non-hydrogen) atoms. The minimum Gasteiger partial charge on any atom is -0.465 e. The van der Waals surface area contributed by atoms with Crippen LogP contribution < -0.4 is 4.72 Å². The molecule has 0 atom stereocenters. The van der Waals surface area contributed by atoms with Crippen molar-refractivity contribution >= 4 is 21.7 Å². The summed E-state index contributed by atoms with van der Waals surface area (Å²) in [6.45, 7) is 1.54. The molecule has 0 aromatic heterocycles. The van der Waals surface area contributed by atoms with Crippen molar-refractivity contribution in [2.24, 2.45) is 0 Å². The van der Waals surface area contributed by atoms with Crippen molar-refractivity contribution in [3.05, 3.63) is 58.9 Å². The summed E-state index contributed by atoms with van der Waals surface area (Å²) in [5.74, 6) is -5.92. The Morgan fingerprint density at radius 1 is 1.08 bits per heavy atom. The quantitative estimate of drug-likeness (QED) is 0.673. The van der Waals surface area contributed by atoms with Gasteiger partial charge in [0.1, 0.15) is 4.90 Å². The van der Waals surface area contributed by atoms with Crippen LogP contribution in [0.25, 0.3) is 0 Å². The first-order valence-corrected chi connectivity index (χ1v) is 8.01. The van der Waals surface area contributed by atoms with Gasteiger partial charge < -0.3 is 4.74 Å². The zero-order chi connectivity index (χ0) is 18.1. The molecule has 2 aromatic carbocycles. The summed E-state index contributed by atoms with van der Waals surface area (Å²) in [6.07, 6.45) is 0. The first-order valence-electron chi connectivity index (χ1n) is 6.52. The van der Waals surface area contributed by atoms with Crippen LogP contribution >= 0.6 is 0 Å². The Labute approximate surface area is 136 Å². The monoisotopic (exact) mass is 359 g/mol. The van der Waals surface area contributed by atoms with Crippen LogP contribution in [0.5, 0.6) is 0 Å². The number of nitrogens with one attached hydrogen (secondary N) is 1. The Morgan fingerprint density at radius 3 is 2.38 bits per heavy atom. The average molecular weight is 359 g/mol. The number of aryl methyl sites for hydroxylation is 1. The highest BCUT2D eigenvalue weighted by molar-refractivity contribution is 7.92. The smallest absolute Gasteiger partial charge is 0.337 e. The first-order chi connectivity index (χ1) is 11.2. The van der Waals surface area contributed by atoms with Crippen LogP contribution in [0.15, 0.2) is 35.2 Å².